The van der Waals surface area contributed by atoms with Gasteiger partial charge < -0.3 is 10.1 Å². The van der Waals surface area contributed by atoms with Gasteiger partial charge in [0.15, 0.2) is 0 Å². The van der Waals surface area contributed by atoms with Crippen molar-refractivity contribution in [2.45, 2.75) is 31.1 Å². The first-order chi connectivity index (χ1) is 14.2. The van der Waals surface area contributed by atoms with Crippen LogP contribution in [-0.2, 0) is 11.2 Å². The van der Waals surface area contributed by atoms with Crippen molar-refractivity contribution in [2.75, 3.05) is 12.4 Å². The summed E-state index contributed by atoms with van der Waals surface area (Å²) in [6, 6.07) is 19.4. The second-order valence-corrected chi connectivity index (χ2v) is 7.34. The van der Waals surface area contributed by atoms with Crippen LogP contribution < -0.4 is 10.1 Å². The number of anilines is 1. The maximum absolute atomic E-state index is 12.3. The molecule has 0 radical (unpaired) electrons. The number of hydrogen-bond donors (Lipinski definition) is 2. The lowest BCUT2D eigenvalue weighted by Gasteiger charge is -2.35. The molecule has 4 rings (SSSR count). The molecule has 0 aliphatic heterocycles. The van der Waals surface area contributed by atoms with Crippen LogP contribution in [0.15, 0.2) is 54.6 Å². The summed E-state index contributed by atoms with van der Waals surface area (Å²) in [6.07, 6.45) is 2.21. The molecule has 1 fully saturated rings. The average molecular weight is 386 g/mol. The number of benzene rings is 2. The summed E-state index contributed by atoms with van der Waals surface area (Å²) in [5.74, 6) is 2.01. The quantitative estimate of drug-likeness (QED) is 0.666. The Labute approximate surface area is 169 Å². The largest absolute Gasteiger partial charge is 0.497 e. The second-order valence-electron chi connectivity index (χ2n) is 7.34. The second kappa shape index (κ2) is 8.19. The Kier molecular flexibility index (Phi) is 5.30. The summed E-state index contributed by atoms with van der Waals surface area (Å²) in [5, 5.41) is 19.4. The van der Waals surface area contributed by atoms with E-state index in [1.165, 1.54) is 0 Å². The Bertz CT molecular complexity index is 1040. The smallest absolute Gasteiger partial charge is 0.229 e. The van der Waals surface area contributed by atoms with E-state index in [1.54, 1.807) is 7.11 Å². The molecule has 2 aromatic carbocycles. The fourth-order valence-electron chi connectivity index (χ4n) is 3.80. The molecule has 3 aromatic rings. The molecule has 0 atom stereocenters. The van der Waals surface area contributed by atoms with E-state index < -0.39 is 0 Å². The Morgan fingerprint density at radius 3 is 2.69 bits per heavy atom. The Hall–Kier alpha value is -3.59. The number of methoxy groups -OCH3 is 1. The molecule has 29 heavy (non-hydrogen) atoms. The first-order valence-corrected chi connectivity index (χ1v) is 9.63. The van der Waals surface area contributed by atoms with E-state index in [9.17, 15) is 10.1 Å². The highest BCUT2D eigenvalue weighted by atomic mass is 16.5. The summed E-state index contributed by atoms with van der Waals surface area (Å²) in [6.45, 7) is 0. The third-order valence-electron chi connectivity index (χ3n) is 5.47. The number of aromatic amines is 1. The maximum Gasteiger partial charge on any atom is 0.229 e. The van der Waals surface area contributed by atoms with Crippen LogP contribution in [0.25, 0.3) is 0 Å². The number of hydrogen-bond acceptors (Lipinski definition) is 4. The number of carbonyl (C=O) groups excluding carboxylic acids is 1. The summed E-state index contributed by atoms with van der Waals surface area (Å²) < 4.78 is 5.13. The topological polar surface area (TPSA) is 90.8 Å². The third-order valence-corrected chi connectivity index (χ3v) is 5.47. The summed E-state index contributed by atoms with van der Waals surface area (Å²) in [7, 11) is 1.62. The third kappa shape index (κ3) is 4.14. The first-order valence-electron chi connectivity index (χ1n) is 9.63. The zero-order valence-electron chi connectivity index (χ0n) is 16.2. The van der Waals surface area contributed by atoms with Crippen molar-refractivity contribution in [1.82, 2.24) is 10.2 Å². The van der Waals surface area contributed by atoms with Crippen molar-refractivity contribution in [1.29, 1.82) is 5.26 Å². The lowest BCUT2D eigenvalue weighted by atomic mass is 9.69. The number of nitriles is 1. The summed E-state index contributed by atoms with van der Waals surface area (Å²) >= 11 is 0. The van der Waals surface area contributed by atoms with Gasteiger partial charge in [-0.15, -0.1) is 0 Å². The summed E-state index contributed by atoms with van der Waals surface area (Å²) in [5.41, 5.74) is 3.75. The van der Waals surface area contributed by atoms with Crippen molar-refractivity contribution >= 4 is 11.7 Å². The van der Waals surface area contributed by atoms with E-state index in [0.29, 0.717) is 17.7 Å². The van der Waals surface area contributed by atoms with Crippen molar-refractivity contribution in [2.24, 2.45) is 0 Å². The molecule has 1 aliphatic rings. The van der Waals surface area contributed by atoms with E-state index in [0.717, 1.165) is 41.0 Å². The van der Waals surface area contributed by atoms with Crippen molar-refractivity contribution in [3.8, 4) is 11.8 Å². The van der Waals surface area contributed by atoms with Gasteiger partial charge in [0.2, 0.25) is 5.91 Å². The molecule has 0 saturated heterocycles. The van der Waals surface area contributed by atoms with Crippen LogP contribution in [0.4, 0.5) is 5.82 Å². The molecule has 2 N–H and O–H groups in total. The number of aromatic nitrogens is 2. The highest BCUT2D eigenvalue weighted by Crippen LogP contribution is 2.48. The van der Waals surface area contributed by atoms with Gasteiger partial charge in [0.05, 0.1) is 30.9 Å². The minimum Gasteiger partial charge on any atom is -0.497 e. The van der Waals surface area contributed by atoms with E-state index in [1.807, 2.05) is 54.6 Å². The predicted octanol–water partition coefficient (Wildman–Crippen LogP) is 4.13. The van der Waals surface area contributed by atoms with Gasteiger partial charge in [0.25, 0.3) is 0 Å². The molecule has 6 nitrogen and oxygen atoms in total. The van der Waals surface area contributed by atoms with E-state index in [-0.39, 0.29) is 12.3 Å². The van der Waals surface area contributed by atoms with Gasteiger partial charge in [0.1, 0.15) is 11.6 Å². The van der Waals surface area contributed by atoms with Crippen molar-refractivity contribution in [3.63, 3.8) is 0 Å². The van der Waals surface area contributed by atoms with Gasteiger partial charge in [-0.1, -0.05) is 30.3 Å². The molecule has 1 saturated carbocycles. The van der Waals surface area contributed by atoms with Crippen LogP contribution in [0, 0.1) is 11.3 Å². The zero-order chi connectivity index (χ0) is 20.2. The van der Waals surface area contributed by atoms with E-state index in [4.69, 9.17) is 4.74 Å². The molecular weight excluding hydrogens is 364 g/mol. The predicted molar refractivity (Wildman–Crippen MR) is 110 cm³/mol. The average Bonchev–Trinajstić information content (AvgIpc) is 3.15. The molecule has 0 spiro atoms. The molecule has 6 heteroatoms. The number of ether oxygens (including phenoxy) is 1. The van der Waals surface area contributed by atoms with Crippen LogP contribution >= 0.6 is 0 Å². The van der Waals surface area contributed by atoms with Crippen LogP contribution in [0.3, 0.4) is 0 Å². The molecule has 1 amide bonds. The standard InChI is InChI=1S/C23H22N4O2/c1-29-19-8-6-15(7-9-19)10-23(28)25-22-13-21(26-27-22)18-11-17(12-18)20-5-3-2-4-16(20)14-24/h2-9,13,17-18H,10-12H2,1H3,(H2,25,26,27,28)/t17-,18+. The number of carbonyl (C=O) groups is 1. The van der Waals surface area contributed by atoms with Crippen LogP contribution in [0.1, 0.15) is 47.1 Å². The van der Waals surface area contributed by atoms with Gasteiger partial charge in [-0.05, 0) is 48.1 Å². The van der Waals surface area contributed by atoms with Gasteiger partial charge in [-0.3, -0.25) is 9.89 Å². The monoisotopic (exact) mass is 386 g/mol. The van der Waals surface area contributed by atoms with Crippen LogP contribution in [0.5, 0.6) is 5.75 Å². The van der Waals surface area contributed by atoms with Crippen LogP contribution in [0.2, 0.25) is 0 Å². The highest BCUT2D eigenvalue weighted by molar-refractivity contribution is 5.91. The number of H-pyrrole nitrogens is 1. The summed E-state index contributed by atoms with van der Waals surface area (Å²) in [4.78, 5) is 12.3. The fraction of sp³-hybridized carbons (Fsp3) is 0.261. The van der Waals surface area contributed by atoms with Gasteiger partial charge in [-0.2, -0.15) is 10.4 Å². The van der Waals surface area contributed by atoms with Gasteiger partial charge in [0, 0.05) is 12.0 Å². The molecule has 0 unspecified atom stereocenters. The van der Waals surface area contributed by atoms with Crippen molar-refractivity contribution in [3.05, 3.63) is 77.0 Å². The van der Waals surface area contributed by atoms with Gasteiger partial charge in [-0.25, -0.2) is 0 Å². The number of nitrogens with one attached hydrogen (secondary N) is 2. The first kappa shape index (κ1) is 18.8. The van der Waals surface area contributed by atoms with Gasteiger partial charge >= 0.3 is 0 Å². The normalized spacial score (nSPS) is 17.8. The molecule has 1 aromatic heterocycles. The number of nitrogens with zero attached hydrogens (tertiary/aromatic N) is 2. The highest BCUT2D eigenvalue weighted by Gasteiger charge is 2.34. The zero-order valence-corrected chi connectivity index (χ0v) is 16.2. The lowest BCUT2D eigenvalue weighted by Crippen LogP contribution is -2.21. The minimum atomic E-state index is -0.0974. The SMILES string of the molecule is COc1ccc(CC(=O)Nc2cc([C@H]3C[C@@H](c4ccccc4C#N)C3)n[nH]2)cc1. The van der Waals surface area contributed by atoms with Crippen molar-refractivity contribution < 1.29 is 9.53 Å². The molecule has 0 bridgehead atoms. The van der Waals surface area contributed by atoms with E-state index in [2.05, 4.69) is 21.6 Å². The van der Waals surface area contributed by atoms with Crippen LogP contribution in [-0.4, -0.2) is 23.2 Å². The molecule has 146 valence electrons. The molecule has 1 heterocycles. The maximum atomic E-state index is 12.3. The lowest BCUT2D eigenvalue weighted by molar-refractivity contribution is -0.115. The Morgan fingerprint density at radius 2 is 1.97 bits per heavy atom. The fourth-order valence-corrected chi connectivity index (χ4v) is 3.80. The van der Waals surface area contributed by atoms with E-state index >= 15 is 0 Å². The number of amides is 1. The number of rotatable bonds is 6. The molecule has 1 aliphatic carbocycles. The molecular formula is C23H22N4O2. The Morgan fingerprint density at radius 1 is 1.21 bits per heavy atom. The Balaban J connectivity index is 1.32. The minimum absolute atomic E-state index is 0.0974.